The van der Waals surface area contributed by atoms with E-state index in [1.807, 2.05) is 0 Å². The van der Waals surface area contributed by atoms with E-state index in [0.29, 0.717) is 0 Å². The van der Waals surface area contributed by atoms with Gasteiger partial charge in [0.25, 0.3) is 0 Å². The van der Waals surface area contributed by atoms with Crippen LogP contribution >= 0.6 is 0 Å². The van der Waals surface area contributed by atoms with Crippen molar-refractivity contribution in [2.45, 2.75) is 6.42 Å². The van der Waals surface area contributed by atoms with E-state index in [2.05, 4.69) is 34.5 Å². The molecule has 0 radical (unpaired) electrons. The molecule has 0 spiro atoms. The molecule has 1 saturated heterocycles. The second kappa shape index (κ2) is 7.24. The normalized spacial score (nSPS) is 15.7. The van der Waals surface area contributed by atoms with Gasteiger partial charge in [0.15, 0.2) is 0 Å². The molecule has 0 saturated carbocycles. The molecule has 0 unspecified atom stereocenters. The quantitative estimate of drug-likeness (QED) is 0.783. The van der Waals surface area contributed by atoms with Crippen LogP contribution in [0.25, 0.3) is 0 Å². The number of rotatable bonds is 6. The van der Waals surface area contributed by atoms with Crippen molar-refractivity contribution in [1.82, 2.24) is 0 Å². The van der Waals surface area contributed by atoms with Crippen molar-refractivity contribution < 1.29 is 9.47 Å². The maximum Gasteiger partial charge on any atom is 0.0642 e. The Hall–Kier alpha value is -1.26. The van der Waals surface area contributed by atoms with Gasteiger partial charge in [-0.3, -0.25) is 0 Å². The van der Waals surface area contributed by atoms with Crippen LogP contribution < -0.4 is 10.2 Å². The Morgan fingerprint density at radius 3 is 2.61 bits per heavy atom. The molecule has 4 nitrogen and oxygen atoms in total. The van der Waals surface area contributed by atoms with E-state index in [1.165, 1.54) is 11.4 Å². The molecule has 1 fully saturated rings. The van der Waals surface area contributed by atoms with Crippen LogP contribution in [0.2, 0.25) is 0 Å². The van der Waals surface area contributed by atoms with E-state index in [1.54, 1.807) is 7.11 Å². The van der Waals surface area contributed by atoms with Crippen molar-refractivity contribution in [2.24, 2.45) is 0 Å². The number of anilines is 2. The molecule has 1 aromatic carbocycles. The SMILES string of the molecule is COCCCNc1ccc(N2CCOCC2)cc1. The molecule has 2 rings (SSSR count). The summed E-state index contributed by atoms with van der Waals surface area (Å²) in [7, 11) is 1.73. The highest BCUT2D eigenvalue weighted by atomic mass is 16.5. The van der Waals surface area contributed by atoms with Gasteiger partial charge in [0.1, 0.15) is 0 Å². The molecule has 1 aromatic rings. The van der Waals surface area contributed by atoms with E-state index >= 15 is 0 Å². The minimum absolute atomic E-state index is 0.804. The lowest BCUT2D eigenvalue weighted by Gasteiger charge is -2.28. The van der Waals surface area contributed by atoms with Crippen LogP contribution in [0.3, 0.4) is 0 Å². The summed E-state index contributed by atoms with van der Waals surface area (Å²) < 4.78 is 10.4. The van der Waals surface area contributed by atoms with Crippen LogP contribution in [0.4, 0.5) is 11.4 Å². The number of ether oxygens (including phenoxy) is 2. The van der Waals surface area contributed by atoms with E-state index in [4.69, 9.17) is 9.47 Å². The minimum atomic E-state index is 0.804. The highest BCUT2D eigenvalue weighted by Crippen LogP contribution is 2.18. The van der Waals surface area contributed by atoms with Gasteiger partial charge in [0.2, 0.25) is 0 Å². The first-order valence-corrected chi connectivity index (χ1v) is 6.56. The molecule has 1 heterocycles. The van der Waals surface area contributed by atoms with Crippen molar-refractivity contribution >= 4 is 11.4 Å². The monoisotopic (exact) mass is 250 g/mol. The molecule has 0 aromatic heterocycles. The van der Waals surface area contributed by atoms with E-state index < -0.39 is 0 Å². The maximum atomic E-state index is 5.36. The van der Waals surface area contributed by atoms with Gasteiger partial charge in [-0.1, -0.05) is 0 Å². The number of nitrogens with one attached hydrogen (secondary N) is 1. The Balaban J connectivity index is 1.81. The van der Waals surface area contributed by atoms with Gasteiger partial charge >= 0.3 is 0 Å². The van der Waals surface area contributed by atoms with Crippen LogP contribution in [0, 0.1) is 0 Å². The zero-order valence-electron chi connectivity index (χ0n) is 11.0. The number of benzene rings is 1. The number of methoxy groups -OCH3 is 1. The average Bonchev–Trinajstić information content (AvgIpc) is 2.45. The predicted molar refractivity (Wildman–Crippen MR) is 74.5 cm³/mol. The molecule has 0 atom stereocenters. The predicted octanol–water partition coefficient (Wildman–Crippen LogP) is 1.97. The summed E-state index contributed by atoms with van der Waals surface area (Å²) in [4.78, 5) is 2.36. The number of nitrogens with zero attached hydrogens (tertiary/aromatic N) is 1. The zero-order valence-corrected chi connectivity index (χ0v) is 11.0. The number of morpholine rings is 1. The fraction of sp³-hybridized carbons (Fsp3) is 0.571. The molecule has 1 N–H and O–H groups in total. The lowest BCUT2D eigenvalue weighted by atomic mass is 10.2. The standard InChI is InChI=1S/C14H22N2O2/c1-17-10-2-7-15-13-3-5-14(6-4-13)16-8-11-18-12-9-16/h3-6,15H,2,7-12H2,1H3. The topological polar surface area (TPSA) is 33.7 Å². The van der Waals surface area contributed by atoms with Gasteiger partial charge in [-0.2, -0.15) is 0 Å². The van der Waals surface area contributed by atoms with Gasteiger partial charge in [0, 0.05) is 44.7 Å². The van der Waals surface area contributed by atoms with Crippen LogP contribution in [0.15, 0.2) is 24.3 Å². The van der Waals surface area contributed by atoms with Gasteiger partial charge in [-0.25, -0.2) is 0 Å². The minimum Gasteiger partial charge on any atom is -0.385 e. The summed E-state index contributed by atoms with van der Waals surface area (Å²) in [6, 6.07) is 8.61. The van der Waals surface area contributed by atoms with E-state index in [0.717, 1.165) is 45.9 Å². The van der Waals surface area contributed by atoms with Crippen LogP contribution in [0.1, 0.15) is 6.42 Å². The van der Waals surface area contributed by atoms with Crippen molar-refractivity contribution in [2.75, 3.05) is 56.8 Å². The third kappa shape index (κ3) is 3.89. The molecule has 18 heavy (non-hydrogen) atoms. The first-order valence-electron chi connectivity index (χ1n) is 6.56. The Kier molecular flexibility index (Phi) is 5.30. The highest BCUT2D eigenvalue weighted by molar-refractivity contribution is 5.55. The molecular formula is C14H22N2O2. The van der Waals surface area contributed by atoms with E-state index in [9.17, 15) is 0 Å². The van der Waals surface area contributed by atoms with Crippen LogP contribution in [0.5, 0.6) is 0 Å². The molecule has 0 amide bonds. The summed E-state index contributed by atoms with van der Waals surface area (Å²) in [5.41, 5.74) is 2.45. The summed E-state index contributed by atoms with van der Waals surface area (Å²) in [6.07, 6.45) is 1.03. The summed E-state index contributed by atoms with van der Waals surface area (Å²) >= 11 is 0. The van der Waals surface area contributed by atoms with Crippen molar-refractivity contribution in [3.8, 4) is 0 Å². The summed E-state index contributed by atoms with van der Waals surface area (Å²) in [6.45, 7) is 5.39. The fourth-order valence-corrected chi connectivity index (χ4v) is 2.06. The first-order chi connectivity index (χ1) is 8.90. The first kappa shape index (κ1) is 13.2. The Morgan fingerprint density at radius 1 is 1.22 bits per heavy atom. The number of hydrogen-bond acceptors (Lipinski definition) is 4. The van der Waals surface area contributed by atoms with Gasteiger partial charge in [-0.05, 0) is 30.7 Å². The van der Waals surface area contributed by atoms with Gasteiger partial charge < -0.3 is 19.7 Å². The van der Waals surface area contributed by atoms with Crippen molar-refractivity contribution in [1.29, 1.82) is 0 Å². The lowest BCUT2D eigenvalue weighted by Crippen LogP contribution is -2.36. The molecule has 0 aliphatic carbocycles. The molecule has 0 bridgehead atoms. The molecule has 1 aliphatic rings. The highest BCUT2D eigenvalue weighted by Gasteiger charge is 2.10. The van der Waals surface area contributed by atoms with E-state index in [-0.39, 0.29) is 0 Å². The molecule has 4 heteroatoms. The third-order valence-electron chi connectivity index (χ3n) is 3.10. The van der Waals surface area contributed by atoms with Crippen LogP contribution in [-0.2, 0) is 9.47 Å². The largest absolute Gasteiger partial charge is 0.385 e. The van der Waals surface area contributed by atoms with Gasteiger partial charge in [0.05, 0.1) is 13.2 Å². The zero-order chi connectivity index (χ0) is 12.6. The molecule has 100 valence electrons. The molecule has 1 aliphatic heterocycles. The lowest BCUT2D eigenvalue weighted by molar-refractivity contribution is 0.122. The summed E-state index contributed by atoms with van der Waals surface area (Å²) in [5, 5.41) is 3.39. The second-order valence-corrected chi connectivity index (χ2v) is 4.42. The number of hydrogen-bond donors (Lipinski definition) is 1. The second-order valence-electron chi connectivity index (χ2n) is 4.42. The fourth-order valence-electron chi connectivity index (χ4n) is 2.06. The average molecular weight is 250 g/mol. The maximum absolute atomic E-state index is 5.36. The van der Waals surface area contributed by atoms with Crippen molar-refractivity contribution in [3.05, 3.63) is 24.3 Å². The molecular weight excluding hydrogens is 228 g/mol. The third-order valence-corrected chi connectivity index (χ3v) is 3.10. The summed E-state index contributed by atoms with van der Waals surface area (Å²) in [5.74, 6) is 0. The Bertz CT molecular complexity index is 334. The van der Waals surface area contributed by atoms with Crippen LogP contribution in [-0.4, -0.2) is 46.6 Å². The van der Waals surface area contributed by atoms with Crippen molar-refractivity contribution in [3.63, 3.8) is 0 Å². The van der Waals surface area contributed by atoms with Gasteiger partial charge in [-0.15, -0.1) is 0 Å². The Morgan fingerprint density at radius 2 is 1.94 bits per heavy atom. The Labute approximate surface area is 109 Å². The smallest absolute Gasteiger partial charge is 0.0642 e.